The zero-order valence-electron chi connectivity index (χ0n) is 32.9. The van der Waals surface area contributed by atoms with Crippen molar-refractivity contribution < 1.29 is 48.2 Å². The van der Waals surface area contributed by atoms with Crippen LogP contribution in [0, 0.1) is 11.8 Å². The third-order valence-electron chi connectivity index (χ3n) is 8.73. The highest BCUT2D eigenvalue weighted by Crippen LogP contribution is 2.24. The van der Waals surface area contributed by atoms with Crippen molar-refractivity contribution in [1.29, 1.82) is 0 Å². The number of ether oxygens (including phenoxy) is 1. The van der Waals surface area contributed by atoms with Gasteiger partial charge in [-0.05, 0) is 52.4 Å². The highest BCUT2D eigenvalue weighted by atomic mass is 79.9. The van der Waals surface area contributed by atoms with Crippen LogP contribution >= 0.6 is 15.9 Å². The number of benzene rings is 1. The molecule has 10 N–H and O–H groups in total. The molecule has 1 fully saturated rings. The van der Waals surface area contributed by atoms with Gasteiger partial charge in [-0.2, -0.15) is 0 Å². The van der Waals surface area contributed by atoms with Crippen molar-refractivity contribution in [3.05, 3.63) is 82.9 Å². The van der Waals surface area contributed by atoms with Crippen LogP contribution in [-0.2, 0) is 43.1 Å². The third kappa shape index (κ3) is 16.2. The van der Waals surface area contributed by atoms with Gasteiger partial charge in [-0.15, -0.1) is 0 Å². The highest BCUT2D eigenvalue weighted by molar-refractivity contribution is 9.10. The number of halogens is 1. The first kappa shape index (κ1) is 48.1. The molecule has 1 aromatic carbocycles. The third-order valence-corrected chi connectivity index (χ3v) is 9.36. The SMILES string of the molecule is CCC(C)C1NC(=O)C(CC(N)=O)NC(=O)C(CC(N)=O)NC(=O)C(C(C)C)NC(=O)C(NC(=O)C=CC=CC=CC=CC=Cc2ccc(O)c(Br)c2)C(C)OC1=O. The van der Waals surface area contributed by atoms with Gasteiger partial charge in [0.25, 0.3) is 0 Å². The minimum atomic E-state index is -1.65. The Hall–Kier alpha value is -6.04. The van der Waals surface area contributed by atoms with Crippen molar-refractivity contribution >= 4 is 69.3 Å². The molecule has 58 heavy (non-hydrogen) atoms. The molecule has 1 aliphatic heterocycles. The van der Waals surface area contributed by atoms with Crippen molar-refractivity contribution in [3.63, 3.8) is 0 Å². The highest BCUT2D eigenvalue weighted by Gasteiger charge is 2.39. The predicted molar refractivity (Wildman–Crippen MR) is 219 cm³/mol. The van der Waals surface area contributed by atoms with Crippen LogP contribution in [0.5, 0.6) is 5.75 Å². The van der Waals surface area contributed by atoms with Gasteiger partial charge in [0, 0.05) is 6.08 Å². The normalized spacial score (nSPS) is 23.5. The van der Waals surface area contributed by atoms with E-state index in [2.05, 4.69) is 42.5 Å². The quantitative estimate of drug-likeness (QED) is 0.0752. The van der Waals surface area contributed by atoms with E-state index >= 15 is 0 Å². The second kappa shape index (κ2) is 23.9. The van der Waals surface area contributed by atoms with Crippen molar-refractivity contribution in [3.8, 4) is 5.75 Å². The number of cyclic esters (lactones) is 1. The summed E-state index contributed by atoms with van der Waals surface area (Å²) in [5.74, 6) is -8.70. The number of esters is 1. The van der Waals surface area contributed by atoms with Gasteiger partial charge in [0.1, 0.15) is 42.1 Å². The standard InChI is InChI=1S/C40H52BrN7O10/c1-6-23(4)34-40(57)58-24(5)35(46-32(52)16-14-12-10-8-7-9-11-13-15-25-17-18-29(49)26(41)19-25)39(56)47-33(22(2)3)38(55)45-27(20-30(42)50)36(53)44-28(21-31(43)51)37(54)48-34/h7-19,22-24,27-28,33-35,49H,6,20-21H2,1-5H3,(H2,42,50)(H2,43,51)(H,44,53)(H,45,55)(H,46,52)(H,47,56)(H,48,54). The van der Waals surface area contributed by atoms with Gasteiger partial charge in [-0.1, -0.05) is 94.9 Å². The molecule has 0 bridgehead atoms. The van der Waals surface area contributed by atoms with Gasteiger partial charge < -0.3 is 47.9 Å². The Morgan fingerprint density at radius 1 is 0.793 bits per heavy atom. The van der Waals surface area contributed by atoms with Gasteiger partial charge in [0.15, 0.2) is 0 Å². The van der Waals surface area contributed by atoms with Crippen LogP contribution in [-0.4, -0.2) is 88.7 Å². The molecule has 1 saturated heterocycles. The molecular weight excluding hydrogens is 818 g/mol. The summed E-state index contributed by atoms with van der Waals surface area (Å²) < 4.78 is 6.22. The smallest absolute Gasteiger partial charge is 0.329 e. The van der Waals surface area contributed by atoms with Gasteiger partial charge in [-0.3, -0.25) is 33.6 Å². The average Bonchev–Trinajstić information content (AvgIpc) is 3.14. The van der Waals surface area contributed by atoms with Crippen LogP contribution in [0.1, 0.15) is 59.4 Å². The second-order valence-electron chi connectivity index (χ2n) is 13.8. The molecule has 0 aliphatic carbocycles. The molecule has 1 aliphatic rings. The Morgan fingerprint density at radius 3 is 1.84 bits per heavy atom. The van der Waals surface area contributed by atoms with E-state index in [1.807, 2.05) is 12.2 Å². The van der Waals surface area contributed by atoms with Crippen LogP contribution in [0.4, 0.5) is 0 Å². The molecule has 1 aromatic rings. The fourth-order valence-electron chi connectivity index (χ4n) is 5.30. The first-order valence-electron chi connectivity index (χ1n) is 18.5. The summed E-state index contributed by atoms with van der Waals surface area (Å²) in [6, 6.07) is -2.45. The van der Waals surface area contributed by atoms with Gasteiger partial charge in [0.2, 0.25) is 41.4 Å². The summed E-state index contributed by atoms with van der Waals surface area (Å²) in [6.07, 6.45) is 14.0. The molecular formula is C40H52BrN7O10. The number of carbonyl (C=O) groups excluding carboxylic acids is 8. The molecule has 0 aromatic heterocycles. The molecule has 0 saturated carbocycles. The Labute approximate surface area is 345 Å². The Bertz CT molecular complexity index is 1840. The molecule has 7 unspecified atom stereocenters. The largest absolute Gasteiger partial charge is 0.507 e. The maximum atomic E-state index is 13.8. The van der Waals surface area contributed by atoms with Crippen LogP contribution in [0.25, 0.3) is 6.08 Å². The van der Waals surface area contributed by atoms with E-state index in [0.29, 0.717) is 10.9 Å². The number of allylic oxidation sites excluding steroid dienone is 8. The topological polar surface area (TPSA) is 278 Å². The predicted octanol–water partition coefficient (Wildman–Crippen LogP) is 1.21. The minimum Gasteiger partial charge on any atom is -0.507 e. The number of hydrogen-bond donors (Lipinski definition) is 8. The number of aromatic hydroxyl groups is 1. The summed E-state index contributed by atoms with van der Waals surface area (Å²) in [4.78, 5) is 105. The van der Waals surface area contributed by atoms with E-state index in [9.17, 15) is 43.5 Å². The van der Waals surface area contributed by atoms with Gasteiger partial charge in [-0.25, -0.2) is 4.79 Å². The number of nitrogens with two attached hydrogens (primary N) is 2. The number of amides is 7. The summed E-state index contributed by atoms with van der Waals surface area (Å²) in [6.45, 7) is 7.87. The maximum Gasteiger partial charge on any atom is 0.329 e. The molecule has 18 heteroatoms. The van der Waals surface area contributed by atoms with Crippen LogP contribution < -0.4 is 38.1 Å². The number of phenols is 1. The molecule has 0 spiro atoms. The second-order valence-corrected chi connectivity index (χ2v) is 14.6. The molecule has 7 amide bonds. The Morgan fingerprint density at radius 2 is 1.31 bits per heavy atom. The van der Waals surface area contributed by atoms with Crippen molar-refractivity contribution in [2.75, 3.05) is 0 Å². The molecule has 7 atom stereocenters. The Kier molecular flexibility index (Phi) is 19.8. The number of hydrogen-bond acceptors (Lipinski definition) is 10. The number of phenolic OH excluding ortho intramolecular Hbond substituents is 1. The summed E-state index contributed by atoms with van der Waals surface area (Å²) in [5, 5.41) is 21.8. The van der Waals surface area contributed by atoms with E-state index in [0.717, 1.165) is 11.6 Å². The van der Waals surface area contributed by atoms with E-state index in [4.69, 9.17) is 16.2 Å². The zero-order chi connectivity index (χ0) is 43.5. The lowest BCUT2D eigenvalue weighted by atomic mass is 9.98. The number of rotatable bonds is 14. The van der Waals surface area contributed by atoms with E-state index in [-0.39, 0.29) is 5.75 Å². The first-order chi connectivity index (χ1) is 27.3. The lowest BCUT2D eigenvalue weighted by Gasteiger charge is -2.31. The molecule has 1 heterocycles. The number of primary amides is 2. The molecule has 0 radical (unpaired) electrons. The minimum absolute atomic E-state index is 0.145. The van der Waals surface area contributed by atoms with Gasteiger partial charge >= 0.3 is 5.97 Å². The van der Waals surface area contributed by atoms with E-state index < -0.39 is 108 Å². The maximum absolute atomic E-state index is 13.8. The van der Waals surface area contributed by atoms with Gasteiger partial charge in [0.05, 0.1) is 17.3 Å². The van der Waals surface area contributed by atoms with Crippen molar-refractivity contribution in [2.24, 2.45) is 23.3 Å². The van der Waals surface area contributed by atoms with E-state index in [1.165, 1.54) is 13.0 Å². The number of nitrogens with one attached hydrogen (secondary N) is 5. The van der Waals surface area contributed by atoms with Crippen LogP contribution in [0.3, 0.4) is 0 Å². The molecule has 17 nitrogen and oxygen atoms in total. The fraction of sp³-hybridized carbons (Fsp3) is 0.400. The Balaban J connectivity index is 2.38. The van der Waals surface area contributed by atoms with Crippen molar-refractivity contribution in [2.45, 2.75) is 90.2 Å². The van der Waals surface area contributed by atoms with Crippen molar-refractivity contribution in [1.82, 2.24) is 26.6 Å². The lowest BCUT2D eigenvalue weighted by molar-refractivity contribution is -0.157. The fourth-order valence-corrected chi connectivity index (χ4v) is 5.70. The first-order valence-corrected chi connectivity index (χ1v) is 19.3. The summed E-state index contributed by atoms with van der Waals surface area (Å²) in [5.41, 5.74) is 11.6. The zero-order valence-corrected chi connectivity index (χ0v) is 34.5. The monoisotopic (exact) mass is 869 g/mol. The molecule has 314 valence electrons. The average molecular weight is 871 g/mol. The van der Waals surface area contributed by atoms with Crippen LogP contribution in [0.15, 0.2) is 77.4 Å². The molecule has 2 rings (SSSR count). The number of carbonyl (C=O) groups is 8. The van der Waals surface area contributed by atoms with Crippen LogP contribution in [0.2, 0.25) is 0 Å². The lowest BCUT2D eigenvalue weighted by Crippen LogP contribution is -2.62. The van der Waals surface area contributed by atoms with E-state index in [1.54, 1.807) is 82.4 Å². The summed E-state index contributed by atoms with van der Waals surface area (Å²) in [7, 11) is 0. The summed E-state index contributed by atoms with van der Waals surface area (Å²) >= 11 is 3.27.